The fourth-order valence-corrected chi connectivity index (χ4v) is 3.03. The molecule has 0 unspecified atom stereocenters. The molecule has 1 heterocycles. The Kier molecular flexibility index (Phi) is 7.35. The summed E-state index contributed by atoms with van der Waals surface area (Å²) in [7, 11) is 0. The Morgan fingerprint density at radius 3 is 2.72 bits per heavy atom. The van der Waals surface area contributed by atoms with E-state index < -0.39 is 0 Å². The fraction of sp³-hybridized carbons (Fsp3) is 0.632. The van der Waals surface area contributed by atoms with E-state index in [1.807, 2.05) is 17.9 Å². The maximum Gasteiger partial charge on any atom is 0.234 e. The van der Waals surface area contributed by atoms with E-state index in [0.717, 1.165) is 38.4 Å². The van der Waals surface area contributed by atoms with E-state index in [0.29, 0.717) is 19.6 Å². The first-order valence-electron chi connectivity index (χ1n) is 8.97. The number of hydrogen-bond acceptors (Lipinski definition) is 4. The van der Waals surface area contributed by atoms with Crippen molar-refractivity contribution in [1.82, 2.24) is 15.1 Å². The summed E-state index contributed by atoms with van der Waals surface area (Å²) in [5.74, 6) is -0.246. The number of morpholine rings is 1. The molecule has 1 aromatic rings. The summed E-state index contributed by atoms with van der Waals surface area (Å²) < 4.78 is 18.7. The minimum atomic E-state index is -0.245. The van der Waals surface area contributed by atoms with E-state index in [1.165, 1.54) is 12.1 Å². The van der Waals surface area contributed by atoms with Gasteiger partial charge in [-0.15, -0.1) is 0 Å². The highest BCUT2D eigenvalue weighted by molar-refractivity contribution is 5.78. The lowest BCUT2D eigenvalue weighted by Gasteiger charge is -2.41. The summed E-state index contributed by atoms with van der Waals surface area (Å²) in [6.07, 6.45) is 0. The van der Waals surface area contributed by atoms with Gasteiger partial charge < -0.3 is 10.1 Å². The van der Waals surface area contributed by atoms with Gasteiger partial charge in [-0.3, -0.25) is 14.6 Å². The van der Waals surface area contributed by atoms with E-state index in [4.69, 9.17) is 4.74 Å². The van der Waals surface area contributed by atoms with Gasteiger partial charge >= 0.3 is 0 Å². The molecule has 1 amide bonds. The molecule has 25 heavy (non-hydrogen) atoms. The molecule has 0 radical (unpaired) electrons. The number of halogens is 1. The van der Waals surface area contributed by atoms with Crippen LogP contribution < -0.4 is 5.32 Å². The van der Waals surface area contributed by atoms with Crippen LogP contribution in [0.25, 0.3) is 0 Å². The number of nitrogens with zero attached hydrogens (tertiary/aromatic N) is 2. The Bertz CT molecular complexity index is 559. The average Bonchev–Trinajstić information content (AvgIpc) is 2.60. The fourth-order valence-electron chi connectivity index (χ4n) is 3.03. The molecule has 1 aromatic carbocycles. The largest absolute Gasteiger partial charge is 0.379 e. The minimum absolute atomic E-state index is 0.000382. The molecule has 1 aliphatic heterocycles. The molecule has 0 atom stereocenters. The first-order valence-corrected chi connectivity index (χ1v) is 8.97. The van der Waals surface area contributed by atoms with Gasteiger partial charge in [-0.25, -0.2) is 4.39 Å². The van der Waals surface area contributed by atoms with Gasteiger partial charge in [0, 0.05) is 31.7 Å². The van der Waals surface area contributed by atoms with Crippen LogP contribution in [0.2, 0.25) is 0 Å². The smallest absolute Gasteiger partial charge is 0.234 e. The first-order chi connectivity index (χ1) is 11.9. The van der Waals surface area contributed by atoms with Crippen LogP contribution in [0.4, 0.5) is 4.39 Å². The Morgan fingerprint density at radius 2 is 2.08 bits per heavy atom. The molecule has 0 saturated carbocycles. The average molecular weight is 351 g/mol. The van der Waals surface area contributed by atoms with Gasteiger partial charge in [0.25, 0.3) is 0 Å². The van der Waals surface area contributed by atoms with Crippen LogP contribution in [0.5, 0.6) is 0 Å². The Hall–Kier alpha value is -1.50. The number of hydrogen-bond donors (Lipinski definition) is 1. The molecule has 1 saturated heterocycles. The van der Waals surface area contributed by atoms with Gasteiger partial charge in [-0.05, 0) is 38.1 Å². The molecular weight excluding hydrogens is 321 g/mol. The molecule has 0 bridgehead atoms. The highest BCUT2D eigenvalue weighted by Crippen LogP contribution is 2.15. The van der Waals surface area contributed by atoms with Crippen LogP contribution in [-0.4, -0.2) is 67.2 Å². The second kappa shape index (κ2) is 9.27. The van der Waals surface area contributed by atoms with E-state index in [2.05, 4.69) is 24.1 Å². The van der Waals surface area contributed by atoms with E-state index in [-0.39, 0.29) is 17.3 Å². The van der Waals surface area contributed by atoms with Crippen molar-refractivity contribution in [3.05, 3.63) is 35.6 Å². The third-order valence-electron chi connectivity index (χ3n) is 4.69. The van der Waals surface area contributed by atoms with E-state index >= 15 is 0 Å². The number of nitrogens with one attached hydrogen (secondary N) is 1. The summed E-state index contributed by atoms with van der Waals surface area (Å²) in [6.45, 7) is 11.8. The Morgan fingerprint density at radius 1 is 1.36 bits per heavy atom. The highest BCUT2D eigenvalue weighted by Gasteiger charge is 2.28. The number of likely N-dealkylation sites (N-methyl/N-ethyl adjacent to an activating group) is 1. The zero-order valence-corrected chi connectivity index (χ0v) is 15.6. The molecule has 0 aliphatic carbocycles. The first kappa shape index (κ1) is 19.8. The molecule has 1 aliphatic rings. The number of amides is 1. The van der Waals surface area contributed by atoms with Crippen molar-refractivity contribution in [3.8, 4) is 0 Å². The van der Waals surface area contributed by atoms with Crippen molar-refractivity contribution < 1.29 is 13.9 Å². The predicted octanol–water partition coefficient (Wildman–Crippen LogP) is 1.87. The lowest BCUT2D eigenvalue weighted by molar-refractivity contribution is -0.123. The molecule has 6 heteroatoms. The maximum absolute atomic E-state index is 13.3. The number of rotatable bonds is 8. The summed E-state index contributed by atoms with van der Waals surface area (Å²) in [5.41, 5.74) is 0.780. The Balaban J connectivity index is 1.81. The SMILES string of the molecule is CCN(CC(=O)NCC(C)(C)N1CCOCC1)Cc1cccc(F)c1. The number of benzene rings is 1. The van der Waals surface area contributed by atoms with E-state index in [1.54, 1.807) is 6.07 Å². The molecule has 5 nitrogen and oxygen atoms in total. The topological polar surface area (TPSA) is 44.8 Å². The summed E-state index contributed by atoms with van der Waals surface area (Å²) in [6, 6.07) is 6.52. The van der Waals surface area contributed by atoms with Crippen LogP contribution >= 0.6 is 0 Å². The molecule has 1 fully saturated rings. The van der Waals surface area contributed by atoms with Gasteiger partial charge in [0.1, 0.15) is 5.82 Å². The van der Waals surface area contributed by atoms with Crippen molar-refractivity contribution in [2.75, 3.05) is 45.9 Å². The zero-order chi connectivity index (χ0) is 18.3. The molecule has 0 aromatic heterocycles. The van der Waals surface area contributed by atoms with Crippen molar-refractivity contribution in [1.29, 1.82) is 0 Å². The van der Waals surface area contributed by atoms with Crippen LogP contribution in [-0.2, 0) is 16.1 Å². The van der Waals surface area contributed by atoms with Crippen LogP contribution in [0.1, 0.15) is 26.3 Å². The van der Waals surface area contributed by atoms with Crippen LogP contribution in [0.3, 0.4) is 0 Å². The van der Waals surface area contributed by atoms with Gasteiger partial charge in [-0.2, -0.15) is 0 Å². The third-order valence-corrected chi connectivity index (χ3v) is 4.69. The summed E-state index contributed by atoms with van der Waals surface area (Å²) in [5, 5.41) is 3.05. The molecule has 0 spiro atoms. The van der Waals surface area contributed by atoms with Gasteiger partial charge in [0.2, 0.25) is 5.91 Å². The van der Waals surface area contributed by atoms with Crippen molar-refractivity contribution in [2.45, 2.75) is 32.9 Å². The lowest BCUT2D eigenvalue weighted by Crippen LogP contribution is -2.56. The van der Waals surface area contributed by atoms with Crippen molar-refractivity contribution in [3.63, 3.8) is 0 Å². The lowest BCUT2D eigenvalue weighted by atomic mass is 10.0. The third kappa shape index (κ3) is 6.38. The molecule has 1 N–H and O–H groups in total. The molecule has 2 rings (SSSR count). The monoisotopic (exact) mass is 351 g/mol. The second-order valence-electron chi connectivity index (χ2n) is 7.12. The highest BCUT2D eigenvalue weighted by atomic mass is 19.1. The second-order valence-corrected chi connectivity index (χ2v) is 7.12. The zero-order valence-electron chi connectivity index (χ0n) is 15.6. The molecular formula is C19H30FN3O2. The summed E-state index contributed by atoms with van der Waals surface area (Å²) in [4.78, 5) is 16.7. The van der Waals surface area contributed by atoms with E-state index in [9.17, 15) is 9.18 Å². The predicted molar refractivity (Wildman–Crippen MR) is 96.8 cm³/mol. The number of carbonyl (C=O) groups excluding carboxylic acids is 1. The van der Waals surface area contributed by atoms with Crippen LogP contribution in [0, 0.1) is 5.82 Å². The van der Waals surface area contributed by atoms with Gasteiger partial charge in [0.15, 0.2) is 0 Å². The standard InChI is InChI=1S/C19H30FN3O2/c1-4-22(13-16-6-5-7-17(20)12-16)14-18(24)21-15-19(2,3)23-8-10-25-11-9-23/h5-7,12H,4,8-11,13-15H2,1-3H3,(H,21,24). The van der Waals surface area contributed by atoms with Gasteiger partial charge in [-0.1, -0.05) is 19.1 Å². The Labute approximate surface area is 150 Å². The van der Waals surface area contributed by atoms with Crippen molar-refractivity contribution in [2.24, 2.45) is 0 Å². The van der Waals surface area contributed by atoms with Crippen LogP contribution in [0.15, 0.2) is 24.3 Å². The summed E-state index contributed by atoms with van der Waals surface area (Å²) >= 11 is 0. The number of carbonyl (C=O) groups is 1. The quantitative estimate of drug-likeness (QED) is 0.777. The van der Waals surface area contributed by atoms with Gasteiger partial charge in [0.05, 0.1) is 19.8 Å². The molecule has 140 valence electrons. The normalized spacial score (nSPS) is 16.2. The maximum atomic E-state index is 13.3. The minimum Gasteiger partial charge on any atom is -0.379 e. The van der Waals surface area contributed by atoms with Crippen molar-refractivity contribution >= 4 is 5.91 Å². The number of ether oxygens (including phenoxy) is 1.